The van der Waals surface area contributed by atoms with Gasteiger partial charge in [-0.15, -0.1) is 0 Å². The lowest BCUT2D eigenvalue weighted by Crippen LogP contribution is -2.25. The lowest BCUT2D eigenvalue weighted by atomic mass is 10.2. The number of hydrogen-bond acceptors (Lipinski definition) is 4. The van der Waals surface area contributed by atoms with E-state index in [1.165, 1.54) is 0 Å². The first kappa shape index (κ1) is 17.6. The van der Waals surface area contributed by atoms with Gasteiger partial charge in [-0.25, -0.2) is 4.98 Å². The van der Waals surface area contributed by atoms with E-state index in [1.54, 1.807) is 11.9 Å². The average molecular weight is 305 g/mol. The van der Waals surface area contributed by atoms with E-state index in [2.05, 4.69) is 10.3 Å². The van der Waals surface area contributed by atoms with E-state index >= 15 is 0 Å². The molecular weight excluding hydrogens is 283 g/mol. The molecule has 1 rings (SSSR count). The Labute approximate surface area is 123 Å². The molecule has 0 aliphatic rings. The van der Waals surface area contributed by atoms with E-state index < -0.39 is 11.7 Å². The van der Waals surface area contributed by atoms with Crippen LogP contribution in [0.4, 0.5) is 24.8 Å². The number of anilines is 2. The zero-order valence-electron chi connectivity index (χ0n) is 12.8. The molecule has 4 nitrogen and oxygen atoms in total. The number of hydrogen-bond donors (Lipinski definition) is 1. The van der Waals surface area contributed by atoms with Gasteiger partial charge in [-0.3, -0.25) is 0 Å². The van der Waals surface area contributed by atoms with Crippen LogP contribution in [0.1, 0.15) is 26.3 Å². The third-order valence-electron chi connectivity index (χ3n) is 2.77. The number of nitrogens with zero attached hydrogens (tertiary/aromatic N) is 2. The topological polar surface area (TPSA) is 37.4 Å². The Kier molecular flexibility index (Phi) is 6.26. The van der Waals surface area contributed by atoms with Crippen LogP contribution in [-0.2, 0) is 10.9 Å². The van der Waals surface area contributed by atoms with Crippen LogP contribution < -0.4 is 10.2 Å². The number of alkyl halides is 3. The highest BCUT2D eigenvalue weighted by atomic mass is 19.4. The first-order chi connectivity index (χ1) is 9.74. The summed E-state index contributed by atoms with van der Waals surface area (Å²) in [6.45, 7) is 7.04. The van der Waals surface area contributed by atoms with Crippen molar-refractivity contribution in [1.82, 2.24) is 4.98 Å². The molecule has 1 heterocycles. The molecule has 0 bridgehead atoms. The number of rotatable bonds is 7. The molecule has 0 atom stereocenters. The zero-order chi connectivity index (χ0) is 16.0. The molecule has 0 saturated heterocycles. The Hall–Kier alpha value is -1.50. The fourth-order valence-corrected chi connectivity index (χ4v) is 1.69. The van der Waals surface area contributed by atoms with Crippen LogP contribution in [0.5, 0.6) is 0 Å². The van der Waals surface area contributed by atoms with E-state index in [0.717, 1.165) is 12.1 Å². The van der Waals surface area contributed by atoms with Crippen LogP contribution in [0.2, 0.25) is 0 Å². The minimum atomic E-state index is -4.39. The SMILES string of the molecule is CCNc1cc(C(F)(F)F)cc(N(C)CCOC(C)C)n1. The number of ether oxygens (including phenoxy) is 1. The van der Waals surface area contributed by atoms with Crippen molar-refractivity contribution in [1.29, 1.82) is 0 Å². The molecule has 1 aromatic rings. The standard InChI is InChI=1S/C14H22F3N3O/c1-5-18-12-8-11(14(15,16)17)9-13(19-12)20(4)6-7-21-10(2)3/h8-10H,5-7H2,1-4H3,(H,18,19). The maximum Gasteiger partial charge on any atom is 0.416 e. The second-order valence-electron chi connectivity index (χ2n) is 4.97. The molecule has 0 aromatic carbocycles. The summed E-state index contributed by atoms with van der Waals surface area (Å²) >= 11 is 0. The Bertz CT molecular complexity index is 450. The third kappa shape index (κ3) is 5.79. The number of nitrogens with one attached hydrogen (secondary N) is 1. The van der Waals surface area contributed by atoms with E-state index in [4.69, 9.17) is 4.74 Å². The van der Waals surface area contributed by atoms with Crippen LogP contribution in [-0.4, -0.2) is 37.8 Å². The van der Waals surface area contributed by atoms with Gasteiger partial charge in [0.15, 0.2) is 0 Å². The highest BCUT2D eigenvalue weighted by molar-refractivity contribution is 5.51. The molecule has 0 saturated carbocycles. The first-order valence-electron chi connectivity index (χ1n) is 6.90. The van der Waals surface area contributed by atoms with Crippen LogP contribution in [0.15, 0.2) is 12.1 Å². The van der Waals surface area contributed by atoms with Crippen molar-refractivity contribution in [2.45, 2.75) is 33.1 Å². The van der Waals surface area contributed by atoms with Gasteiger partial charge in [-0.05, 0) is 32.9 Å². The normalized spacial score (nSPS) is 11.8. The van der Waals surface area contributed by atoms with Crippen molar-refractivity contribution < 1.29 is 17.9 Å². The van der Waals surface area contributed by atoms with Crippen molar-refractivity contribution in [2.24, 2.45) is 0 Å². The van der Waals surface area contributed by atoms with E-state index in [9.17, 15) is 13.2 Å². The van der Waals surface area contributed by atoms with Crippen molar-refractivity contribution >= 4 is 11.6 Å². The smallest absolute Gasteiger partial charge is 0.377 e. The van der Waals surface area contributed by atoms with Crippen molar-refractivity contribution in [2.75, 3.05) is 37.0 Å². The van der Waals surface area contributed by atoms with E-state index in [0.29, 0.717) is 19.7 Å². The average Bonchev–Trinajstić information content (AvgIpc) is 2.37. The van der Waals surface area contributed by atoms with Gasteiger partial charge in [0.1, 0.15) is 11.6 Å². The molecule has 0 fully saturated rings. The van der Waals surface area contributed by atoms with Gasteiger partial charge in [-0.1, -0.05) is 0 Å². The van der Waals surface area contributed by atoms with Crippen molar-refractivity contribution in [3.63, 3.8) is 0 Å². The summed E-state index contributed by atoms with van der Waals surface area (Å²) in [7, 11) is 1.70. The predicted molar refractivity (Wildman–Crippen MR) is 77.8 cm³/mol. The largest absolute Gasteiger partial charge is 0.416 e. The number of halogens is 3. The van der Waals surface area contributed by atoms with Gasteiger partial charge >= 0.3 is 6.18 Å². The maximum absolute atomic E-state index is 12.9. The van der Waals surface area contributed by atoms with Gasteiger partial charge in [0.2, 0.25) is 0 Å². The van der Waals surface area contributed by atoms with Crippen LogP contribution >= 0.6 is 0 Å². The first-order valence-corrected chi connectivity index (χ1v) is 6.90. The highest BCUT2D eigenvalue weighted by Gasteiger charge is 2.32. The molecule has 0 aliphatic carbocycles. The maximum atomic E-state index is 12.9. The molecule has 7 heteroatoms. The fraction of sp³-hybridized carbons (Fsp3) is 0.643. The molecule has 0 aliphatic heterocycles. The molecule has 0 unspecified atom stereocenters. The third-order valence-corrected chi connectivity index (χ3v) is 2.77. The lowest BCUT2D eigenvalue weighted by molar-refractivity contribution is -0.137. The number of pyridine rings is 1. The van der Waals surface area contributed by atoms with Gasteiger partial charge in [0.05, 0.1) is 18.3 Å². The van der Waals surface area contributed by atoms with Gasteiger partial charge < -0.3 is 15.0 Å². The summed E-state index contributed by atoms with van der Waals surface area (Å²) in [5.74, 6) is 0.493. The zero-order valence-corrected chi connectivity index (χ0v) is 12.8. The Balaban J connectivity index is 2.91. The number of likely N-dealkylation sites (N-methyl/N-ethyl adjacent to an activating group) is 1. The summed E-state index contributed by atoms with van der Waals surface area (Å²) in [6.07, 6.45) is -4.30. The summed E-state index contributed by atoms with van der Waals surface area (Å²) in [4.78, 5) is 5.84. The molecule has 1 N–H and O–H groups in total. The Morgan fingerprint density at radius 1 is 1.33 bits per heavy atom. The van der Waals surface area contributed by atoms with Gasteiger partial charge in [-0.2, -0.15) is 13.2 Å². The lowest BCUT2D eigenvalue weighted by Gasteiger charge is -2.21. The second kappa shape index (κ2) is 7.49. The molecule has 1 aromatic heterocycles. The second-order valence-corrected chi connectivity index (χ2v) is 4.97. The molecule has 120 valence electrons. The monoisotopic (exact) mass is 305 g/mol. The molecule has 0 amide bonds. The highest BCUT2D eigenvalue weighted by Crippen LogP contribution is 2.32. The van der Waals surface area contributed by atoms with E-state index in [-0.39, 0.29) is 17.7 Å². The fourth-order valence-electron chi connectivity index (χ4n) is 1.69. The molecule has 0 spiro atoms. The Morgan fingerprint density at radius 2 is 2.00 bits per heavy atom. The van der Waals surface area contributed by atoms with Crippen molar-refractivity contribution in [3.8, 4) is 0 Å². The number of aromatic nitrogens is 1. The van der Waals surface area contributed by atoms with Crippen LogP contribution in [0.3, 0.4) is 0 Å². The van der Waals surface area contributed by atoms with Crippen LogP contribution in [0, 0.1) is 0 Å². The summed E-state index contributed by atoms with van der Waals surface area (Å²) in [5.41, 5.74) is -0.708. The quantitative estimate of drug-likeness (QED) is 0.838. The minimum absolute atomic E-state index is 0.0881. The van der Waals surface area contributed by atoms with Crippen molar-refractivity contribution in [3.05, 3.63) is 17.7 Å². The summed E-state index contributed by atoms with van der Waals surface area (Å²) in [5, 5.41) is 2.82. The van der Waals surface area contributed by atoms with Gasteiger partial charge in [0.25, 0.3) is 0 Å². The summed E-state index contributed by atoms with van der Waals surface area (Å²) in [6, 6.07) is 2.07. The minimum Gasteiger partial charge on any atom is -0.377 e. The summed E-state index contributed by atoms with van der Waals surface area (Å²) < 4.78 is 44.1. The predicted octanol–water partition coefficient (Wildman–Crippen LogP) is 3.39. The van der Waals surface area contributed by atoms with Gasteiger partial charge in [0, 0.05) is 20.1 Å². The molecule has 0 radical (unpaired) electrons. The molecular formula is C14H22F3N3O. The van der Waals surface area contributed by atoms with Crippen LogP contribution in [0.25, 0.3) is 0 Å². The molecule has 21 heavy (non-hydrogen) atoms. The van der Waals surface area contributed by atoms with E-state index in [1.807, 2.05) is 20.8 Å². The Morgan fingerprint density at radius 3 is 2.52 bits per heavy atom.